The van der Waals surface area contributed by atoms with Crippen LogP contribution in [0.5, 0.6) is 0 Å². The molecule has 116 valence electrons. The SMILES string of the molecule is Cn1cccc(NC(=O)N[C@H](CO)Cc2ccccc2)c1=O. The molecule has 0 spiro atoms. The number of rotatable bonds is 5. The quantitative estimate of drug-likeness (QED) is 0.773. The highest BCUT2D eigenvalue weighted by atomic mass is 16.3. The van der Waals surface area contributed by atoms with Gasteiger partial charge in [-0.15, -0.1) is 0 Å². The number of aliphatic hydroxyl groups excluding tert-OH is 1. The van der Waals surface area contributed by atoms with Gasteiger partial charge in [-0.25, -0.2) is 4.79 Å². The summed E-state index contributed by atoms with van der Waals surface area (Å²) in [6.45, 7) is -0.185. The first kappa shape index (κ1) is 15.8. The van der Waals surface area contributed by atoms with Crippen molar-refractivity contribution in [1.29, 1.82) is 0 Å². The molecule has 2 amide bonds. The largest absolute Gasteiger partial charge is 0.394 e. The number of nitrogens with zero attached hydrogens (tertiary/aromatic N) is 1. The average Bonchev–Trinajstić information content (AvgIpc) is 2.52. The van der Waals surface area contributed by atoms with Gasteiger partial charge >= 0.3 is 6.03 Å². The second-order valence-electron chi connectivity index (χ2n) is 5.01. The maximum absolute atomic E-state index is 12.0. The number of nitrogens with one attached hydrogen (secondary N) is 2. The van der Waals surface area contributed by atoms with Gasteiger partial charge in [-0.2, -0.15) is 0 Å². The van der Waals surface area contributed by atoms with Crippen molar-refractivity contribution >= 4 is 11.7 Å². The number of benzene rings is 1. The van der Waals surface area contributed by atoms with Gasteiger partial charge in [0.05, 0.1) is 12.6 Å². The van der Waals surface area contributed by atoms with Crippen molar-refractivity contribution in [1.82, 2.24) is 9.88 Å². The first-order valence-corrected chi connectivity index (χ1v) is 6.98. The van der Waals surface area contributed by atoms with E-state index < -0.39 is 12.1 Å². The zero-order valence-corrected chi connectivity index (χ0v) is 12.3. The molecule has 1 aromatic carbocycles. The standard InChI is InChI=1S/C16H19N3O3/c1-19-9-5-8-14(15(19)21)18-16(22)17-13(11-20)10-12-6-3-2-4-7-12/h2-9,13,20H,10-11H2,1H3,(H2,17,18,22)/t13-/m0/s1. The Morgan fingerprint density at radius 2 is 1.95 bits per heavy atom. The van der Waals surface area contributed by atoms with Crippen molar-refractivity contribution < 1.29 is 9.90 Å². The minimum atomic E-state index is -0.515. The Labute approximate surface area is 128 Å². The summed E-state index contributed by atoms with van der Waals surface area (Å²) in [6, 6.07) is 11.8. The van der Waals surface area contributed by atoms with Crippen LogP contribution in [0, 0.1) is 0 Å². The minimum Gasteiger partial charge on any atom is -0.394 e. The lowest BCUT2D eigenvalue weighted by molar-refractivity contribution is 0.224. The molecule has 22 heavy (non-hydrogen) atoms. The molecule has 3 N–H and O–H groups in total. The van der Waals surface area contributed by atoms with E-state index in [0.29, 0.717) is 6.42 Å². The molecule has 0 bridgehead atoms. The van der Waals surface area contributed by atoms with Gasteiger partial charge in [0.1, 0.15) is 5.69 Å². The highest BCUT2D eigenvalue weighted by molar-refractivity contribution is 5.89. The van der Waals surface area contributed by atoms with E-state index >= 15 is 0 Å². The summed E-state index contributed by atoms with van der Waals surface area (Å²) >= 11 is 0. The van der Waals surface area contributed by atoms with Crippen molar-refractivity contribution in [3.8, 4) is 0 Å². The predicted octanol–water partition coefficient (Wildman–Crippen LogP) is 1.11. The molecule has 0 unspecified atom stereocenters. The molecule has 0 aliphatic heterocycles. The Bertz CT molecular complexity index is 683. The van der Waals surface area contributed by atoms with Crippen LogP contribution in [0.1, 0.15) is 5.56 Å². The third-order valence-electron chi connectivity index (χ3n) is 3.25. The van der Waals surface area contributed by atoms with E-state index in [9.17, 15) is 14.7 Å². The summed E-state index contributed by atoms with van der Waals surface area (Å²) in [6.07, 6.45) is 2.12. The van der Waals surface area contributed by atoms with Crippen LogP contribution in [0.3, 0.4) is 0 Å². The normalized spacial score (nSPS) is 11.7. The molecule has 0 radical (unpaired) electrons. The molecule has 1 aromatic heterocycles. The number of aliphatic hydroxyl groups is 1. The van der Waals surface area contributed by atoms with Gasteiger partial charge in [-0.05, 0) is 24.1 Å². The van der Waals surface area contributed by atoms with Crippen LogP contribution in [0.15, 0.2) is 53.5 Å². The summed E-state index contributed by atoms with van der Waals surface area (Å²) in [5.74, 6) is 0. The lowest BCUT2D eigenvalue weighted by atomic mass is 10.1. The number of hydrogen-bond acceptors (Lipinski definition) is 3. The number of pyridine rings is 1. The fraction of sp³-hybridized carbons (Fsp3) is 0.250. The number of anilines is 1. The fourth-order valence-corrected chi connectivity index (χ4v) is 2.10. The molecule has 1 atom stereocenters. The molecule has 0 fully saturated rings. The van der Waals surface area contributed by atoms with Gasteiger partial charge in [0.15, 0.2) is 0 Å². The van der Waals surface area contributed by atoms with Gasteiger partial charge in [0, 0.05) is 13.2 Å². The third-order valence-corrected chi connectivity index (χ3v) is 3.25. The van der Waals surface area contributed by atoms with Crippen molar-refractivity contribution in [3.63, 3.8) is 0 Å². The van der Waals surface area contributed by atoms with Crippen molar-refractivity contribution in [2.24, 2.45) is 7.05 Å². The number of aryl methyl sites for hydroxylation is 1. The van der Waals surface area contributed by atoms with Crippen molar-refractivity contribution in [3.05, 3.63) is 64.6 Å². The fourth-order valence-electron chi connectivity index (χ4n) is 2.10. The number of urea groups is 1. The molecule has 6 heteroatoms. The van der Waals surface area contributed by atoms with Gasteiger partial charge in [0.2, 0.25) is 0 Å². The van der Waals surface area contributed by atoms with Gasteiger partial charge in [0.25, 0.3) is 5.56 Å². The number of amides is 2. The predicted molar refractivity (Wildman–Crippen MR) is 84.9 cm³/mol. The molecule has 0 saturated carbocycles. The van der Waals surface area contributed by atoms with Crippen molar-refractivity contribution in [2.75, 3.05) is 11.9 Å². The maximum Gasteiger partial charge on any atom is 0.319 e. The van der Waals surface area contributed by atoms with E-state index in [2.05, 4.69) is 10.6 Å². The van der Waals surface area contributed by atoms with Gasteiger partial charge in [-0.3, -0.25) is 4.79 Å². The Kier molecular flexibility index (Phi) is 5.32. The highest BCUT2D eigenvalue weighted by Gasteiger charge is 2.13. The van der Waals surface area contributed by atoms with Crippen LogP contribution in [0.4, 0.5) is 10.5 Å². The van der Waals surface area contributed by atoms with Gasteiger partial charge in [-0.1, -0.05) is 30.3 Å². The van der Waals surface area contributed by atoms with E-state index in [4.69, 9.17) is 0 Å². The van der Waals surface area contributed by atoms with Crippen LogP contribution >= 0.6 is 0 Å². The molecule has 0 saturated heterocycles. The molecule has 0 aliphatic carbocycles. The molecular weight excluding hydrogens is 282 g/mol. The number of carbonyl (C=O) groups excluding carboxylic acids is 1. The topological polar surface area (TPSA) is 83.4 Å². The van der Waals surface area contributed by atoms with Crippen LogP contribution in [0.2, 0.25) is 0 Å². The first-order valence-electron chi connectivity index (χ1n) is 6.98. The number of carbonyl (C=O) groups is 1. The van der Waals surface area contributed by atoms with Gasteiger partial charge < -0.3 is 20.3 Å². The summed E-state index contributed by atoms with van der Waals surface area (Å²) in [5, 5.41) is 14.6. The molecule has 6 nitrogen and oxygen atoms in total. The number of aromatic nitrogens is 1. The zero-order valence-electron chi connectivity index (χ0n) is 12.3. The third kappa shape index (κ3) is 4.20. The summed E-state index contributed by atoms with van der Waals surface area (Å²) in [7, 11) is 1.61. The molecule has 2 rings (SSSR count). The van der Waals surface area contributed by atoms with Crippen LogP contribution in [0.25, 0.3) is 0 Å². The van der Waals surface area contributed by atoms with Crippen LogP contribution in [-0.4, -0.2) is 28.4 Å². The maximum atomic E-state index is 12.0. The van der Waals surface area contributed by atoms with Crippen LogP contribution in [-0.2, 0) is 13.5 Å². The first-order chi connectivity index (χ1) is 10.6. The molecular formula is C16H19N3O3. The molecule has 0 aliphatic rings. The van der Waals surface area contributed by atoms with E-state index in [1.165, 1.54) is 10.6 Å². The molecule has 2 aromatic rings. The minimum absolute atomic E-state index is 0.185. The number of hydrogen-bond donors (Lipinski definition) is 3. The Morgan fingerprint density at radius 1 is 1.23 bits per heavy atom. The Hall–Kier alpha value is -2.60. The van der Waals surface area contributed by atoms with Crippen LogP contribution < -0.4 is 16.2 Å². The summed E-state index contributed by atoms with van der Waals surface area (Å²) in [4.78, 5) is 23.8. The average molecular weight is 301 g/mol. The highest BCUT2D eigenvalue weighted by Crippen LogP contribution is 2.04. The Balaban J connectivity index is 1.97. The van der Waals surface area contributed by atoms with E-state index in [-0.39, 0.29) is 17.9 Å². The summed E-state index contributed by atoms with van der Waals surface area (Å²) < 4.78 is 1.38. The van der Waals surface area contributed by atoms with Crippen molar-refractivity contribution in [2.45, 2.75) is 12.5 Å². The lowest BCUT2D eigenvalue weighted by Crippen LogP contribution is -2.42. The monoisotopic (exact) mass is 301 g/mol. The smallest absolute Gasteiger partial charge is 0.319 e. The lowest BCUT2D eigenvalue weighted by Gasteiger charge is -2.17. The second-order valence-corrected chi connectivity index (χ2v) is 5.01. The van der Waals surface area contributed by atoms with E-state index in [1.54, 1.807) is 19.3 Å². The Morgan fingerprint density at radius 3 is 2.64 bits per heavy atom. The summed E-state index contributed by atoms with van der Waals surface area (Å²) in [5.41, 5.74) is 0.914. The van der Waals surface area contributed by atoms with E-state index in [1.807, 2.05) is 30.3 Å². The molecule has 1 heterocycles. The second kappa shape index (κ2) is 7.42. The van der Waals surface area contributed by atoms with E-state index in [0.717, 1.165) is 5.56 Å². The zero-order chi connectivity index (χ0) is 15.9.